The summed E-state index contributed by atoms with van der Waals surface area (Å²) < 4.78 is 13.4. The van der Waals surface area contributed by atoms with Gasteiger partial charge < -0.3 is 0 Å². The highest BCUT2D eigenvalue weighted by Crippen LogP contribution is 2.36. The second-order valence-electron chi connectivity index (χ2n) is 4.30. The first-order chi connectivity index (χ1) is 7.65. The fourth-order valence-corrected chi connectivity index (χ4v) is 3.57. The highest BCUT2D eigenvalue weighted by molar-refractivity contribution is 7.99. The van der Waals surface area contributed by atoms with Crippen LogP contribution in [0.15, 0.2) is 11.2 Å². The number of hydrogen-bond acceptors (Lipinski definition) is 3. The van der Waals surface area contributed by atoms with Crippen LogP contribution in [0.5, 0.6) is 0 Å². The minimum absolute atomic E-state index is 0.118. The monoisotopic (exact) mass is 260 g/mol. The molecule has 1 heterocycles. The molecule has 1 aromatic rings. The normalized spacial score (nSPS) is 25.7. The van der Waals surface area contributed by atoms with Crippen molar-refractivity contribution in [1.82, 2.24) is 9.97 Å². The van der Waals surface area contributed by atoms with Crippen molar-refractivity contribution in [2.75, 3.05) is 0 Å². The molecule has 2 rings (SSSR count). The number of hydrogen-bond donors (Lipinski definition) is 0. The van der Waals surface area contributed by atoms with Crippen LogP contribution in [0.4, 0.5) is 4.39 Å². The Morgan fingerprint density at radius 3 is 3.06 bits per heavy atom. The zero-order valence-electron chi connectivity index (χ0n) is 9.12. The van der Waals surface area contributed by atoms with Crippen LogP contribution in [0.2, 0.25) is 5.28 Å². The van der Waals surface area contributed by atoms with Crippen molar-refractivity contribution in [3.05, 3.63) is 17.3 Å². The Morgan fingerprint density at radius 1 is 1.50 bits per heavy atom. The average molecular weight is 261 g/mol. The Morgan fingerprint density at radius 2 is 2.31 bits per heavy atom. The standard InChI is InChI=1S/C11H14ClFN2S/c1-7-3-2-4-8(5-7)16-10-9(13)6-14-11(12)15-10/h6-8H,2-5H2,1H3. The van der Waals surface area contributed by atoms with Gasteiger partial charge in [-0.05, 0) is 30.4 Å². The van der Waals surface area contributed by atoms with E-state index in [1.807, 2.05) is 0 Å². The van der Waals surface area contributed by atoms with Gasteiger partial charge in [-0.2, -0.15) is 0 Å². The van der Waals surface area contributed by atoms with Gasteiger partial charge in [-0.25, -0.2) is 14.4 Å². The molecule has 16 heavy (non-hydrogen) atoms. The lowest BCUT2D eigenvalue weighted by Gasteiger charge is -2.25. The molecular formula is C11H14ClFN2S. The second-order valence-corrected chi connectivity index (χ2v) is 5.93. The van der Waals surface area contributed by atoms with Gasteiger partial charge in [0.1, 0.15) is 5.03 Å². The molecule has 0 aliphatic heterocycles. The zero-order valence-corrected chi connectivity index (χ0v) is 10.7. The average Bonchev–Trinajstić information content (AvgIpc) is 2.24. The summed E-state index contributed by atoms with van der Waals surface area (Å²) in [5.74, 6) is 0.360. The molecule has 88 valence electrons. The summed E-state index contributed by atoms with van der Waals surface area (Å²) in [4.78, 5) is 7.55. The smallest absolute Gasteiger partial charge is 0.223 e. The molecule has 0 radical (unpaired) electrons. The maximum Gasteiger partial charge on any atom is 0.223 e. The highest BCUT2D eigenvalue weighted by atomic mass is 35.5. The molecule has 0 bridgehead atoms. The van der Waals surface area contributed by atoms with E-state index in [0.717, 1.165) is 25.0 Å². The minimum Gasteiger partial charge on any atom is -0.223 e. The van der Waals surface area contributed by atoms with Crippen LogP contribution in [0, 0.1) is 11.7 Å². The second kappa shape index (κ2) is 5.32. The molecule has 1 aliphatic rings. The van der Waals surface area contributed by atoms with Crippen molar-refractivity contribution in [2.24, 2.45) is 5.92 Å². The predicted octanol–water partition coefficient (Wildman–Crippen LogP) is 3.94. The van der Waals surface area contributed by atoms with Crippen molar-refractivity contribution in [3.63, 3.8) is 0 Å². The van der Waals surface area contributed by atoms with Crippen molar-refractivity contribution in [3.8, 4) is 0 Å². The predicted molar refractivity (Wildman–Crippen MR) is 64.3 cm³/mol. The first-order valence-electron chi connectivity index (χ1n) is 5.50. The van der Waals surface area contributed by atoms with Gasteiger partial charge in [-0.1, -0.05) is 31.5 Å². The fourth-order valence-electron chi connectivity index (χ4n) is 2.06. The lowest BCUT2D eigenvalue weighted by Crippen LogP contribution is -2.15. The van der Waals surface area contributed by atoms with E-state index in [9.17, 15) is 4.39 Å². The minimum atomic E-state index is -0.368. The fraction of sp³-hybridized carbons (Fsp3) is 0.636. The van der Waals surface area contributed by atoms with Gasteiger partial charge in [0.05, 0.1) is 6.20 Å². The van der Waals surface area contributed by atoms with Crippen molar-refractivity contribution in [2.45, 2.75) is 42.9 Å². The molecule has 1 saturated carbocycles. The number of nitrogens with zero attached hydrogens (tertiary/aromatic N) is 2. The molecule has 1 fully saturated rings. The van der Waals surface area contributed by atoms with Crippen LogP contribution < -0.4 is 0 Å². The van der Waals surface area contributed by atoms with Gasteiger partial charge in [0.15, 0.2) is 5.82 Å². The molecule has 0 spiro atoms. The van der Waals surface area contributed by atoms with E-state index < -0.39 is 0 Å². The van der Waals surface area contributed by atoms with Gasteiger partial charge in [0, 0.05) is 5.25 Å². The van der Waals surface area contributed by atoms with Crippen molar-refractivity contribution < 1.29 is 4.39 Å². The summed E-state index contributed by atoms with van der Waals surface area (Å²) in [6.07, 6.45) is 5.91. The van der Waals surface area contributed by atoms with Crippen LogP contribution in [0.1, 0.15) is 32.6 Å². The van der Waals surface area contributed by atoms with Crippen molar-refractivity contribution in [1.29, 1.82) is 0 Å². The molecule has 2 unspecified atom stereocenters. The maximum absolute atomic E-state index is 13.4. The summed E-state index contributed by atoms with van der Waals surface area (Å²) in [5.41, 5.74) is 0. The number of halogens is 2. The molecule has 0 aromatic carbocycles. The Labute approximate surface area is 104 Å². The highest BCUT2D eigenvalue weighted by Gasteiger charge is 2.21. The Hall–Kier alpha value is -0.350. The van der Waals surface area contributed by atoms with E-state index in [-0.39, 0.29) is 11.1 Å². The van der Waals surface area contributed by atoms with Crippen LogP contribution in [0.3, 0.4) is 0 Å². The Kier molecular flexibility index (Phi) is 4.03. The van der Waals surface area contributed by atoms with Crippen LogP contribution in [-0.4, -0.2) is 15.2 Å². The molecular weight excluding hydrogens is 247 g/mol. The van der Waals surface area contributed by atoms with E-state index in [1.54, 1.807) is 0 Å². The van der Waals surface area contributed by atoms with Crippen LogP contribution >= 0.6 is 23.4 Å². The third kappa shape index (κ3) is 3.08. The largest absolute Gasteiger partial charge is 0.223 e. The van der Waals surface area contributed by atoms with Crippen LogP contribution in [-0.2, 0) is 0 Å². The molecule has 1 aromatic heterocycles. The van der Waals surface area contributed by atoms with E-state index >= 15 is 0 Å². The maximum atomic E-state index is 13.4. The number of rotatable bonds is 2. The first kappa shape index (κ1) is 12.1. The third-order valence-electron chi connectivity index (χ3n) is 2.85. The molecule has 0 amide bonds. The lowest BCUT2D eigenvalue weighted by atomic mass is 9.91. The lowest BCUT2D eigenvalue weighted by molar-refractivity contribution is 0.393. The topological polar surface area (TPSA) is 25.8 Å². The van der Waals surface area contributed by atoms with Gasteiger partial charge in [-0.15, -0.1) is 0 Å². The summed E-state index contributed by atoms with van der Waals surface area (Å²) >= 11 is 7.16. The van der Waals surface area contributed by atoms with E-state index in [0.29, 0.717) is 10.3 Å². The van der Waals surface area contributed by atoms with E-state index in [1.165, 1.54) is 24.6 Å². The zero-order chi connectivity index (χ0) is 11.5. The molecule has 0 saturated heterocycles. The SMILES string of the molecule is CC1CCCC(Sc2nc(Cl)ncc2F)C1. The van der Waals surface area contributed by atoms with Gasteiger partial charge in [-0.3, -0.25) is 0 Å². The third-order valence-corrected chi connectivity index (χ3v) is 4.30. The van der Waals surface area contributed by atoms with E-state index in [2.05, 4.69) is 16.9 Å². The summed E-state index contributed by atoms with van der Waals surface area (Å²) in [7, 11) is 0. The summed E-state index contributed by atoms with van der Waals surface area (Å²) in [6.45, 7) is 2.25. The molecule has 2 atom stereocenters. The summed E-state index contributed by atoms with van der Waals surface area (Å²) in [6, 6.07) is 0. The van der Waals surface area contributed by atoms with Gasteiger partial charge in [0.25, 0.3) is 0 Å². The molecule has 1 aliphatic carbocycles. The summed E-state index contributed by atoms with van der Waals surface area (Å²) in [5, 5.41) is 0.969. The van der Waals surface area contributed by atoms with E-state index in [4.69, 9.17) is 11.6 Å². The van der Waals surface area contributed by atoms with Crippen molar-refractivity contribution >= 4 is 23.4 Å². The van der Waals surface area contributed by atoms with Gasteiger partial charge >= 0.3 is 0 Å². The Bertz CT molecular complexity index is 375. The molecule has 0 N–H and O–H groups in total. The Balaban J connectivity index is 2.05. The van der Waals surface area contributed by atoms with Gasteiger partial charge in [0.2, 0.25) is 5.28 Å². The number of thioether (sulfide) groups is 1. The quantitative estimate of drug-likeness (QED) is 0.595. The molecule has 2 nitrogen and oxygen atoms in total. The number of aromatic nitrogens is 2. The van der Waals surface area contributed by atoms with Crippen LogP contribution in [0.25, 0.3) is 0 Å². The first-order valence-corrected chi connectivity index (χ1v) is 6.75. The molecule has 5 heteroatoms.